The Morgan fingerprint density at radius 2 is 1.73 bits per heavy atom. The third kappa shape index (κ3) is 4.34. The molecule has 0 amide bonds. The van der Waals surface area contributed by atoms with Gasteiger partial charge in [0.1, 0.15) is 17.5 Å². The molecule has 1 heterocycles. The summed E-state index contributed by atoms with van der Waals surface area (Å²) in [5, 5.41) is 6.02. The molecule has 0 fully saturated rings. The summed E-state index contributed by atoms with van der Waals surface area (Å²) in [5.41, 5.74) is -0.382. The highest BCUT2D eigenvalue weighted by atomic mass is 19.4. The number of hydrogen-bond donors (Lipinski definition) is 2. The molecule has 0 atom stereocenters. The van der Waals surface area contributed by atoms with E-state index in [1.807, 2.05) is 13.8 Å². The standard InChI is InChI=1S/C15H17F3N4/c1-9(2)19-13-8-14(21-10(3)20-13)22-12-6-4-5-11(7-12)15(16,17)18/h4-9H,1-3H3,(H2,19,20,21,22). The first-order valence-electron chi connectivity index (χ1n) is 6.80. The number of rotatable bonds is 4. The number of hydrogen-bond acceptors (Lipinski definition) is 4. The van der Waals surface area contributed by atoms with Crippen molar-refractivity contribution < 1.29 is 13.2 Å². The van der Waals surface area contributed by atoms with E-state index in [1.54, 1.807) is 19.1 Å². The van der Waals surface area contributed by atoms with Crippen LogP contribution in [0, 0.1) is 6.92 Å². The lowest BCUT2D eigenvalue weighted by Gasteiger charge is -2.13. The van der Waals surface area contributed by atoms with Crippen LogP contribution in [0.2, 0.25) is 0 Å². The molecule has 0 radical (unpaired) electrons. The number of benzene rings is 1. The molecule has 2 rings (SSSR count). The molecule has 0 saturated carbocycles. The predicted octanol–water partition coefficient (Wildman–Crippen LogP) is 4.37. The highest BCUT2D eigenvalue weighted by molar-refractivity contribution is 5.60. The summed E-state index contributed by atoms with van der Waals surface area (Å²) < 4.78 is 38.1. The first kappa shape index (κ1) is 16.1. The highest BCUT2D eigenvalue weighted by Crippen LogP contribution is 2.31. The lowest BCUT2D eigenvalue weighted by Crippen LogP contribution is -2.12. The zero-order valence-electron chi connectivity index (χ0n) is 12.5. The van der Waals surface area contributed by atoms with Crippen LogP contribution in [0.4, 0.5) is 30.5 Å². The van der Waals surface area contributed by atoms with Crippen LogP contribution in [0.3, 0.4) is 0 Å². The molecule has 2 aromatic rings. The number of aromatic nitrogens is 2. The number of nitrogens with one attached hydrogen (secondary N) is 2. The van der Waals surface area contributed by atoms with Gasteiger partial charge in [-0.1, -0.05) is 6.07 Å². The molecular weight excluding hydrogens is 293 g/mol. The van der Waals surface area contributed by atoms with Crippen LogP contribution in [0.1, 0.15) is 25.2 Å². The van der Waals surface area contributed by atoms with Gasteiger partial charge in [-0.25, -0.2) is 9.97 Å². The fraction of sp³-hybridized carbons (Fsp3) is 0.333. The maximum atomic E-state index is 12.7. The van der Waals surface area contributed by atoms with E-state index in [9.17, 15) is 13.2 Å². The zero-order chi connectivity index (χ0) is 16.3. The molecule has 0 saturated heterocycles. The van der Waals surface area contributed by atoms with Gasteiger partial charge in [-0.3, -0.25) is 0 Å². The lowest BCUT2D eigenvalue weighted by atomic mass is 10.2. The van der Waals surface area contributed by atoms with Crippen molar-refractivity contribution in [1.29, 1.82) is 0 Å². The van der Waals surface area contributed by atoms with E-state index >= 15 is 0 Å². The van der Waals surface area contributed by atoms with Crippen LogP contribution in [-0.2, 0) is 6.18 Å². The van der Waals surface area contributed by atoms with E-state index in [0.29, 0.717) is 23.1 Å². The highest BCUT2D eigenvalue weighted by Gasteiger charge is 2.30. The molecule has 0 aliphatic heterocycles. The van der Waals surface area contributed by atoms with Gasteiger partial charge in [-0.2, -0.15) is 13.2 Å². The van der Waals surface area contributed by atoms with E-state index in [2.05, 4.69) is 20.6 Å². The van der Waals surface area contributed by atoms with Crippen molar-refractivity contribution in [2.45, 2.75) is 33.0 Å². The van der Waals surface area contributed by atoms with Gasteiger partial charge in [-0.15, -0.1) is 0 Å². The van der Waals surface area contributed by atoms with Crippen molar-refractivity contribution in [2.24, 2.45) is 0 Å². The summed E-state index contributed by atoms with van der Waals surface area (Å²) >= 11 is 0. The minimum Gasteiger partial charge on any atom is -0.368 e. The van der Waals surface area contributed by atoms with Crippen LogP contribution in [0.15, 0.2) is 30.3 Å². The molecule has 118 valence electrons. The Morgan fingerprint density at radius 1 is 1.05 bits per heavy atom. The largest absolute Gasteiger partial charge is 0.416 e. The van der Waals surface area contributed by atoms with Crippen molar-refractivity contribution in [3.05, 3.63) is 41.7 Å². The third-order valence-corrected chi connectivity index (χ3v) is 2.74. The maximum absolute atomic E-state index is 12.7. The molecule has 0 aliphatic rings. The van der Waals surface area contributed by atoms with E-state index in [0.717, 1.165) is 12.1 Å². The summed E-state index contributed by atoms with van der Waals surface area (Å²) in [6.07, 6.45) is -4.37. The average molecular weight is 310 g/mol. The van der Waals surface area contributed by atoms with Gasteiger partial charge in [0.25, 0.3) is 0 Å². The Bertz CT molecular complexity index is 653. The van der Waals surface area contributed by atoms with Crippen LogP contribution in [-0.4, -0.2) is 16.0 Å². The quantitative estimate of drug-likeness (QED) is 0.880. The number of aryl methyl sites for hydroxylation is 1. The summed E-state index contributed by atoms with van der Waals surface area (Å²) in [6.45, 7) is 5.66. The second-order valence-electron chi connectivity index (χ2n) is 5.19. The maximum Gasteiger partial charge on any atom is 0.416 e. The minimum atomic E-state index is -4.37. The smallest absolute Gasteiger partial charge is 0.368 e. The lowest BCUT2D eigenvalue weighted by molar-refractivity contribution is -0.137. The van der Waals surface area contributed by atoms with Crippen molar-refractivity contribution in [2.75, 3.05) is 10.6 Å². The molecule has 0 aliphatic carbocycles. The Hall–Kier alpha value is -2.31. The van der Waals surface area contributed by atoms with Crippen molar-refractivity contribution in [3.63, 3.8) is 0 Å². The number of alkyl halides is 3. The molecule has 1 aromatic carbocycles. The van der Waals surface area contributed by atoms with Crippen molar-refractivity contribution in [3.8, 4) is 0 Å². The van der Waals surface area contributed by atoms with Gasteiger partial charge in [0.2, 0.25) is 0 Å². The summed E-state index contributed by atoms with van der Waals surface area (Å²) in [7, 11) is 0. The van der Waals surface area contributed by atoms with Gasteiger partial charge in [0.15, 0.2) is 0 Å². The third-order valence-electron chi connectivity index (χ3n) is 2.74. The van der Waals surface area contributed by atoms with Crippen LogP contribution >= 0.6 is 0 Å². The molecule has 1 aromatic heterocycles. The number of halogens is 3. The Morgan fingerprint density at radius 3 is 2.36 bits per heavy atom. The molecular formula is C15H17F3N4. The zero-order valence-corrected chi connectivity index (χ0v) is 12.5. The second-order valence-corrected chi connectivity index (χ2v) is 5.19. The Balaban J connectivity index is 2.25. The Labute approximate surface area is 126 Å². The molecule has 4 nitrogen and oxygen atoms in total. The summed E-state index contributed by atoms with van der Waals surface area (Å²) in [4.78, 5) is 8.41. The molecule has 22 heavy (non-hydrogen) atoms. The fourth-order valence-electron chi connectivity index (χ4n) is 1.92. The number of nitrogens with zero attached hydrogens (tertiary/aromatic N) is 2. The first-order chi connectivity index (χ1) is 10.2. The average Bonchev–Trinajstić information content (AvgIpc) is 2.36. The topological polar surface area (TPSA) is 49.8 Å². The number of anilines is 3. The minimum absolute atomic E-state index is 0.190. The van der Waals surface area contributed by atoms with Crippen LogP contribution < -0.4 is 10.6 Å². The van der Waals surface area contributed by atoms with Gasteiger partial charge >= 0.3 is 6.18 Å². The predicted molar refractivity (Wildman–Crippen MR) is 80.3 cm³/mol. The van der Waals surface area contributed by atoms with E-state index in [4.69, 9.17) is 0 Å². The SMILES string of the molecule is Cc1nc(Nc2cccc(C(F)(F)F)c2)cc(NC(C)C)n1. The fourth-order valence-corrected chi connectivity index (χ4v) is 1.92. The van der Waals surface area contributed by atoms with E-state index < -0.39 is 11.7 Å². The monoisotopic (exact) mass is 310 g/mol. The Kier molecular flexibility index (Phi) is 4.54. The van der Waals surface area contributed by atoms with Gasteiger partial charge < -0.3 is 10.6 Å². The molecule has 0 spiro atoms. The van der Waals surface area contributed by atoms with Crippen molar-refractivity contribution in [1.82, 2.24) is 9.97 Å². The summed E-state index contributed by atoms with van der Waals surface area (Å²) in [5.74, 6) is 1.59. The van der Waals surface area contributed by atoms with Gasteiger partial charge in [-0.05, 0) is 39.0 Å². The van der Waals surface area contributed by atoms with Crippen LogP contribution in [0.25, 0.3) is 0 Å². The molecule has 0 unspecified atom stereocenters. The van der Waals surface area contributed by atoms with Crippen molar-refractivity contribution >= 4 is 17.3 Å². The normalized spacial score (nSPS) is 11.6. The second kappa shape index (κ2) is 6.21. The molecule has 2 N–H and O–H groups in total. The molecule has 7 heteroatoms. The van der Waals surface area contributed by atoms with Gasteiger partial charge in [0.05, 0.1) is 5.56 Å². The summed E-state index contributed by atoms with van der Waals surface area (Å²) in [6, 6.07) is 6.84. The molecule has 0 bridgehead atoms. The van der Waals surface area contributed by atoms with E-state index in [1.165, 1.54) is 6.07 Å². The first-order valence-corrected chi connectivity index (χ1v) is 6.80. The van der Waals surface area contributed by atoms with Crippen LogP contribution in [0.5, 0.6) is 0 Å². The van der Waals surface area contributed by atoms with Gasteiger partial charge in [0, 0.05) is 17.8 Å². The van der Waals surface area contributed by atoms with E-state index in [-0.39, 0.29) is 6.04 Å².